The summed E-state index contributed by atoms with van der Waals surface area (Å²) in [6, 6.07) is 10.5. The van der Waals surface area contributed by atoms with Crippen molar-refractivity contribution in [3.05, 3.63) is 57.6 Å². The maximum atomic E-state index is 12.1. The lowest BCUT2D eigenvalue weighted by Crippen LogP contribution is -2.46. The lowest BCUT2D eigenvalue weighted by atomic mass is 10.0. The number of thiazole rings is 1. The zero-order valence-corrected chi connectivity index (χ0v) is 17.3. The summed E-state index contributed by atoms with van der Waals surface area (Å²) >= 11 is 1.37. The summed E-state index contributed by atoms with van der Waals surface area (Å²) in [6.07, 6.45) is 4.37. The second-order valence-corrected chi connectivity index (χ2v) is 7.55. The van der Waals surface area contributed by atoms with Gasteiger partial charge in [0.25, 0.3) is 5.91 Å². The van der Waals surface area contributed by atoms with Crippen LogP contribution in [0.3, 0.4) is 0 Å². The first kappa shape index (κ1) is 20.1. The van der Waals surface area contributed by atoms with Crippen molar-refractivity contribution in [2.75, 3.05) is 33.2 Å². The summed E-state index contributed by atoms with van der Waals surface area (Å²) in [5, 5.41) is 6.28. The number of amides is 1. The van der Waals surface area contributed by atoms with Gasteiger partial charge in [0.05, 0.1) is 11.2 Å². The van der Waals surface area contributed by atoms with E-state index in [0.717, 1.165) is 37.6 Å². The van der Waals surface area contributed by atoms with Crippen LogP contribution >= 0.6 is 11.3 Å². The van der Waals surface area contributed by atoms with Gasteiger partial charge in [-0.15, -0.1) is 11.3 Å². The van der Waals surface area contributed by atoms with Crippen molar-refractivity contribution >= 4 is 29.3 Å². The van der Waals surface area contributed by atoms with E-state index in [1.807, 2.05) is 13.0 Å². The van der Waals surface area contributed by atoms with Gasteiger partial charge in [-0.05, 0) is 25.3 Å². The monoisotopic (exact) mass is 397 g/mol. The predicted octanol–water partition coefficient (Wildman–Crippen LogP) is 2.94. The Hall–Kier alpha value is -2.67. The standard InChI is InChI=1S/C21H27N5OS/c1-16-19(28-15-25-16)20(27)23-10-11-24-21(22-2)26-12-8-18(9-13-26)14-17-6-4-3-5-7-17/h3-7,14-15H,8-13H2,1-2H3,(H,22,24)(H,23,27). The third-order valence-corrected chi connectivity index (χ3v) is 5.66. The number of aromatic nitrogens is 1. The molecule has 0 aliphatic carbocycles. The zero-order chi connectivity index (χ0) is 19.8. The number of likely N-dealkylation sites (tertiary alicyclic amines) is 1. The summed E-state index contributed by atoms with van der Waals surface area (Å²) in [5.41, 5.74) is 5.21. The van der Waals surface area contributed by atoms with Gasteiger partial charge in [0.2, 0.25) is 0 Å². The van der Waals surface area contributed by atoms with Gasteiger partial charge in [0, 0.05) is 33.2 Å². The van der Waals surface area contributed by atoms with E-state index < -0.39 is 0 Å². The molecule has 1 saturated heterocycles. The molecule has 2 N–H and O–H groups in total. The zero-order valence-electron chi connectivity index (χ0n) is 16.4. The van der Waals surface area contributed by atoms with E-state index >= 15 is 0 Å². The summed E-state index contributed by atoms with van der Waals surface area (Å²) < 4.78 is 0. The topological polar surface area (TPSA) is 69.6 Å². The van der Waals surface area contributed by atoms with Crippen LogP contribution in [-0.4, -0.2) is 55.0 Å². The average molecular weight is 398 g/mol. The highest BCUT2D eigenvalue weighted by Gasteiger charge is 2.17. The first-order chi connectivity index (χ1) is 13.7. The van der Waals surface area contributed by atoms with E-state index in [1.165, 1.54) is 22.5 Å². The Morgan fingerprint density at radius 2 is 1.93 bits per heavy atom. The fourth-order valence-electron chi connectivity index (χ4n) is 3.22. The smallest absolute Gasteiger partial charge is 0.263 e. The number of hydrogen-bond donors (Lipinski definition) is 2. The van der Waals surface area contributed by atoms with Crippen LogP contribution in [-0.2, 0) is 0 Å². The molecule has 148 valence electrons. The summed E-state index contributed by atoms with van der Waals surface area (Å²) in [6.45, 7) is 4.93. The summed E-state index contributed by atoms with van der Waals surface area (Å²) in [7, 11) is 1.80. The molecule has 6 nitrogen and oxygen atoms in total. The number of benzene rings is 1. The molecule has 0 spiro atoms. The summed E-state index contributed by atoms with van der Waals surface area (Å²) in [5.74, 6) is 0.826. The molecule has 1 aliphatic rings. The molecule has 1 aromatic heterocycles. The second-order valence-electron chi connectivity index (χ2n) is 6.70. The van der Waals surface area contributed by atoms with Crippen molar-refractivity contribution in [3.8, 4) is 0 Å². The molecule has 0 atom stereocenters. The minimum atomic E-state index is -0.0644. The number of carbonyl (C=O) groups excluding carboxylic acids is 1. The Bertz CT molecular complexity index is 833. The number of aryl methyl sites for hydroxylation is 1. The molecule has 0 unspecified atom stereocenters. The third kappa shape index (κ3) is 5.42. The molecule has 28 heavy (non-hydrogen) atoms. The van der Waals surface area contributed by atoms with Gasteiger partial charge in [-0.2, -0.15) is 0 Å². The normalized spacial score (nSPS) is 14.7. The molecule has 0 radical (unpaired) electrons. The van der Waals surface area contributed by atoms with Crippen molar-refractivity contribution in [3.63, 3.8) is 0 Å². The lowest BCUT2D eigenvalue weighted by Gasteiger charge is -2.31. The molecule has 2 heterocycles. The predicted molar refractivity (Wildman–Crippen MR) is 116 cm³/mol. The van der Waals surface area contributed by atoms with E-state index in [4.69, 9.17) is 0 Å². The largest absolute Gasteiger partial charge is 0.354 e. The molecule has 0 bridgehead atoms. The Kier molecular flexibility index (Phi) is 7.19. The Balaban J connectivity index is 1.42. The maximum Gasteiger partial charge on any atom is 0.263 e. The minimum Gasteiger partial charge on any atom is -0.354 e. The van der Waals surface area contributed by atoms with Crippen molar-refractivity contribution in [1.29, 1.82) is 0 Å². The highest BCUT2D eigenvalue weighted by molar-refractivity contribution is 7.11. The fraction of sp³-hybridized carbons (Fsp3) is 0.381. The quantitative estimate of drug-likeness (QED) is 0.462. The van der Waals surface area contributed by atoms with Crippen LogP contribution in [0.15, 0.2) is 46.4 Å². The number of nitrogens with one attached hydrogen (secondary N) is 2. The first-order valence-corrected chi connectivity index (χ1v) is 10.4. The van der Waals surface area contributed by atoms with E-state index in [2.05, 4.69) is 55.9 Å². The number of aliphatic imine (C=N–C) groups is 1. The van der Waals surface area contributed by atoms with Crippen LogP contribution in [0.5, 0.6) is 0 Å². The number of nitrogens with zero attached hydrogens (tertiary/aromatic N) is 3. The molecule has 7 heteroatoms. The molecule has 2 aromatic rings. The third-order valence-electron chi connectivity index (χ3n) is 4.73. The number of piperidine rings is 1. The molecule has 3 rings (SSSR count). The van der Waals surface area contributed by atoms with Gasteiger partial charge in [0.1, 0.15) is 4.88 Å². The Morgan fingerprint density at radius 1 is 1.21 bits per heavy atom. The molecular weight excluding hydrogens is 370 g/mol. The molecule has 1 aromatic carbocycles. The van der Waals surface area contributed by atoms with Crippen LogP contribution < -0.4 is 10.6 Å². The molecule has 0 saturated carbocycles. The van der Waals surface area contributed by atoms with E-state index in [9.17, 15) is 4.79 Å². The van der Waals surface area contributed by atoms with Gasteiger partial charge >= 0.3 is 0 Å². The van der Waals surface area contributed by atoms with E-state index in [-0.39, 0.29) is 5.91 Å². The lowest BCUT2D eigenvalue weighted by molar-refractivity contribution is 0.0957. The van der Waals surface area contributed by atoms with Crippen LogP contribution in [0.4, 0.5) is 0 Å². The average Bonchev–Trinajstić information content (AvgIpc) is 3.15. The van der Waals surface area contributed by atoms with Crippen molar-refractivity contribution in [2.45, 2.75) is 19.8 Å². The van der Waals surface area contributed by atoms with Crippen LogP contribution in [0.1, 0.15) is 33.8 Å². The number of hydrogen-bond acceptors (Lipinski definition) is 4. The second kappa shape index (κ2) is 10.0. The van der Waals surface area contributed by atoms with Gasteiger partial charge in [0.15, 0.2) is 5.96 Å². The van der Waals surface area contributed by atoms with Crippen LogP contribution in [0.2, 0.25) is 0 Å². The van der Waals surface area contributed by atoms with Crippen molar-refractivity contribution in [1.82, 2.24) is 20.5 Å². The van der Waals surface area contributed by atoms with Crippen molar-refractivity contribution in [2.24, 2.45) is 4.99 Å². The molecule has 1 aliphatic heterocycles. The molecular formula is C21H27N5OS. The molecule has 1 amide bonds. The number of carbonyl (C=O) groups is 1. The highest BCUT2D eigenvalue weighted by Crippen LogP contribution is 2.19. The Labute approximate surface area is 170 Å². The van der Waals surface area contributed by atoms with E-state index in [0.29, 0.717) is 18.0 Å². The number of rotatable bonds is 5. The Morgan fingerprint density at radius 3 is 2.57 bits per heavy atom. The number of guanidine groups is 1. The van der Waals surface area contributed by atoms with Crippen LogP contribution in [0, 0.1) is 6.92 Å². The maximum absolute atomic E-state index is 12.1. The van der Waals surface area contributed by atoms with Crippen molar-refractivity contribution < 1.29 is 4.79 Å². The van der Waals surface area contributed by atoms with Gasteiger partial charge in [-0.3, -0.25) is 9.79 Å². The van der Waals surface area contributed by atoms with Gasteiger partial charge in [-0.25, -0.2) is 4.98 Å². The van der Waals surface area contributed by atoms with Gasteiger partial charge in [-0.1, -0.05) is 42.0 Å². The van der Waals surface area contributed by atoms with Crippen LogP contribution in [0.25, 0.3) is 6.08 Å². The summed E-state index contributed by atoms with van der Waals surface area (Å²) in [4.78, 5) is 23.6. The SMILES string of the molecule is CN=C(NCCNC(=O)c1scnc1C)N1CCC(=Cc2ccccc2)CC1. The first-order valence-electron chi connectivity index (χ1n) is 9.55. The highest BCUT2D eigenvalue weighted by atomic mass is 32.1. The fourth-order valence-corrected chi connectivity index (χ4v) is 3.94. The van der Waals surface area contributed by atoms with Gasteiger partial charge < -0.3 is 15.5 Å². The molecule has 1 fully saturated rings. The van der Waals surface area contributed by atoms with E-state index in [1.54, 1.807) is 12.6 Å². The minimum absolute atomic E-state index is 0.0644.